The molecule has 0 radical (unpaired) electrons. The summed E-state index contributed by atoms with van der Waals surface area (Å²) in [5, 5.41) is 0. The van der Waals surface area contributed by atoms with Crippen molar-refractivity contribution in [1.29, 1.82) is 0 Å². The molecule has 0 spiro atoms. The minimum Gasteiger partial charge on any atom is -0.303 e. The van der Waals surface area contributed by atoms with Crippen molar-refractivity contribution in [1.82, 2.24) is 0 Å². The van der Waals surface area contributed by atoms with Crippen LogP contribution in [0.2, 0.25) is 0 Å². The average Bonchev–Trinajstić information content (AvgIpc) is 2.14. The van der Waals surface area contributed by atoms with Crippen LogP contribution in [0, 0.1) is 0 Å². The molecule has 0 amide bonds. The van der Waals surface area contributed by atoms with Crippen LogP contribution in [-0.2, 0) is 4.79 Å². The van der Waals surface area contributed by atoms with Crippen molar-refractivity contribution in [3.63, 3.8) is 0 Å². The van der Waals surface area contributed by atoms with Crippen LogP contribution >= 0.6 is 0 Å². The number of hydrogen-bond acceptors (Lipinski definition) is 1. The Labute approximate surface area is 72.7 Å². The lowest BCUT2D eigenvalue weighted by atomic mass is 10.2. The van der Waals surface area contributed by atoms with E-state index in [1.165, 1.54) is 5.56 Å². The average molecular weight is 160 g/mol. The fraction of sp³-hybridized carbons (Fsp3) is 0.182. The zero-order valence-corrected chi connectivity index (χ0v) is 6.94. The monoisotopic (exact) mass is 160 g/mol. The van der Waals surface area contributed by atoms with Gasteiger partial charge in [0.1, 0.15) is 6.29 Å². The molecule has 1 aromatic rings. The van der Waals surface area contributed by atoms with Gasteiger partial charge in [0.2, 0.25) is 0 Å². The van der Waals surface area contributed by atoms with E-state index < -0.39 is 0 Å². The van der Waals surface area contributed by atoms with Gasteiger partial charge in [-0.3, -0.25) is 0 Å². The highest BCUT2D eigenvalue weighted by Gasteiger charge is 1.81. The van der Waals surface area contributed by atoms with E-state index in [-0.39, 0.29) is 0 Å². The van der Waals surface area contributed by atoms with E-state index in [1.807, 2.05) is 42.5 Å². The van der Waals surface area contributed by atoms with Crippen molar-refractivity contribution >= 4 is 12.4 Å². The molecular formula is C11H12O. The molecule has 1 heteroatoms. The van der Waals surface area contributed by atoms with Crippen LogP contribution in [0.4, 0.5) is 0 Å². The Morgan fingerprint density at radius 3 is 2.50 bits per heavy atom. The summed E-state index contributed by atoms with van der Waals surface area (Å²) in [4.78, 5) is 9.98. The van der Waals surface area contributed by atoms with E-state index in [0.29, 0.717) is 6.42 Å². The highest BCUT2D eigenvalue weighted by molar-refractivity contribution is 5.52. The van der Waals surface area contributed by atoms with E-state index in [1.54, 1.807) is 0 Å². The molecule has 1 nitrogen and oxygen atoms in total. The largest absolute Gasteiger partial charge is 0.303 e. The Morgan fingerprint density at radius 2 is 1.83 bits per heavy atom. The summed E-state index contributed by atoms with van der Waals surface area (Å²) in [5.74, 6) is 0. The second-order valence-corrected chi connectivity index (χ2v) is 2.56. The van der Waals surface area contributed by atoms with Crippen molar-refractivity contribution < 1.29 is 4.79 Å². The van der Waals surface area contributed by atoms with Crippen molar-refractivity contribution in [2.45, 2.75) is 12.8 Å². The van der Waals surface area contributed by atoms with Gasteiger partial charge in [-0.1, -0.05) is 42.5 Å². The number of rotatable bonds is 4. The fourth-order valence-corrected chi connectivity index (χ4v) is 0.948. The molecule has 0 atom stereocenters. The Balaban J connectivity index is 2.41. The van der Waals surface area contributed by atoms with Crippen LogP contribution in [-0.4, -0.2) is 6.29 Å². The van der Waals surface area contributed by atoms with Crippen molar-refractivity contribution in [2.75, 3.05) is 0 Å². The summed E-state index contributed by atoms with van der Waals surface area (Å²) < 4.78 is 0. The first-order chi connectivity index (χ1) is 5.93. The number of benzene rings is 1. The minimum absolute atomic E-state index is 0.614. The summed E-state index contributed by atoms with van der Waals surface area (Å²) in [6.07, 6.45) is 6.43. The maximum absolute atomic E-state index is 9.98. The summed E-state index contributed by atoms with van der Waals surface area (Å²) in [6.45, 7) is 0. The molecule has 0 saturated heterocycles. The van der Waals surface area contributed by atoms with Gasteiger partial charge in [-0.25, -0.2) is 0 Å². The van der Waals surface area contributed by atoms with Crippen LogP contribution in [0.15, 0.2) is 36.4 Å². The molecule has 1 aromatic carbocycles. The second kappa shape index (κ2) is 5.30. The third kappa shape index (κ3) is 3.15. The Bertz CT molecular complexity index is 249. The van der Waals surface area contributed by atoms with Crippen LogP contribution in [0.1, 0.15) is 18.4 Å². The smallest absolute Gasteiger partial charge is 0.120 e. The molecule has 0 saturated carbocycles. The molecule has 0 aliphatic heterocycles. The van der Waals surface area contributed by atoms with Gasteiger partial charge in [-0.05, 0) is 12.0 Å². The number of unbranched alkanes of at least 4 members (excludes halogenated alkanes) is 1. The summed E-state index contributed by atoms with van der Waals surface area (Å²) in [6, 6.07) is 10.1. The van der Waals surface area contributed by atoms with E-state index in [2.05, 4.69) is 0 Å². The first-order valence-corrected chi connectivity index (χ1v) is 4.08. The van der Waals surface area contributed by atoms with Crippen molar-refractivity contribution in [3.05, 3.63) is 42.0 Å². The molecule has 12 heavy (non-hydrogen) atoms. The van der Waals surface area contributed by atoms with Gasteiger partial charge in [0.25, 0.3) is 0 Å². The molecule has 0 unspecified atom stereocenters. The van der Waals surface area contributed by atoms with Crippen LogP contribution < -0.4 is 0 Å². The lowest BCUT2D eigenvalue weighted by Gasteiger charge is -1.89. The molecule has 0 bridgehead atoms. The number of aldehydes is 1. The van der Waals surface area contributed by atoms with Crippen molar-refractivity contribution in [2.24, 2.45) is 0 Å². The standard InChI is InChI=1S/C11H12O/c12-10-6-2-5-9-11-7-3-1-4-8-11/h1,3-5,7-10H,2,6H2/b9-5+. The Kier molecular flexibility index (Phi) is 3.86. The maximum Gasteiger partial charge on any atom is 0.120 e. The van der Waals surface area contributed by atoms with Gasteiger partial charge in [-0.2, -0.15) is 0 Å². The van der Waals surface area contributed by atoms with Gasteiger partial charge >= 0.3 is 0 Å². The minimum atomic E-state index is 0.614. The van der Waals surface area contributed by atoms with Crippen LogP contribution in [0.5, 0.6) is 0 Å². The summed E-state index contributed by atoms with van der Waals surface area (Å²) >= 11 is 0. The normalized spacial score (nSPS) is 10.3. The topological polar surface area (TPSA) is 17.1 Å². The fourth-order valence-electron chi connectivity index (χ4n) is 0.948. The predicted octanol–water partition coefficient (Wildman–Crippen LogP) is 2.68. The zero-order valence-electron chi connectivity index (χ0n) is 6.94. The molecule has 0 N–H and O–H groups in total. The molecule has 1 rings (SSSR count). The number of allylic oxidation sites excluding steroid dienone is 1. The predicted molar refractivity (Wildman–Crippen MR) is 50.8 cm³/mol. The number of hydrogen-bond donors (Lipinski definition) is 0. The third-order valence-electron chi connectivity index (χ3n) is 1.56. The van der Waals surface area contributed by atoms with E-state index in [9.17, 15) is 4.79 Å². The number of carbonyl (C=O) groups excluding carboxylic acids is 1. The first kappa shape index (κ1) is 8.72. The molecule has 0 aromatic heterocycles. The molecule has 0 fully saturated rings. The van der Waals surface area contributed by atoms with Gasteiger partial charge in [-0.15, -0.1) is 0 Å². The lowest BCUT2D eigenvalue weighted by molar-refractivity contribution is -0.107. The van der Waals surface area contributed by atoms with E-state index in [0.717, 1.165) is 12.7 Å². The zero-order chi connectivity index (χ0) is 8.65. The van der Waals surface area contributed by atoms with Gasteiger partial charge < -0.3 is 4.79 Å². The second-order valence-electron chi connectivity index (χ2n) is 2.56. The molecule has 0 aliphatic rings. The van der Waals surface area contributed by atoms with Crippen molar-refractivity contribution in [3.8, 4) is 0 Å². The first-order valence-electron chi connectivity index (χ1n) is 4.08. The van der Waals surface area contributed by atoms with Crippen LogP contribution in [0.3, 0.4) is 0 Å². The summed E-state index contributed by atoms with van der Waals surface area (Å²) in [7, 11) is 0. The molecule has 0 aliphatic carbocycles. The van der Waals surface area contributed by atoms with Gasteiger partial charge in [0, 0.05) is 6.42 Å². The summed E-state index contributed by atoms with van der Waals surface area (Å²) in [5.41, 5.74) is 1.18. The van der Waals surface area contributed by atoms with E-state index >= 15 is 0 Å². The van der Waals surface area contributed by atoms with E-state index in [4.69, 9.17) is 0 Å². The van der Waals surface area contributed by atoms with Crippen LogP contribution in [0.25, 0.3) is 6.08 Å². The molecule has 62 valence electrons. The molecule has 0 heterocycles. The Morgan fingerprint density at radius 1 is 1.08 bits per heavy atom. The van der Waals surface area contributed by atoms with Gasteiger partial charge in [0.15, 0.2) is 0 Å². The van der Waals surface area contributed by atoms with Gasteiger partial charge in [0.05, 0.1) is 0 Å². The third-order valence-corrected chi connectivity index (χ3v) is 1.56. The highest BCUT2D eigenvalue weighted by atomic mass is 16.1. The Hall–Kier alpha value is -1.37. The quantitative estimate of drug-likeness (QED) is 0.489. The highest BCUT2D eigenvalue weighted by Crippen LogP contribution is 2.01. The maximum atomic E-state index is 9.98. The SMILES string of the molecule is O=CCC/C=C/c1ccccc1. The lowest BCUT2D eigenvalue weighted by Crippen LogP contribution is -1.71. The molecular weight excluding hydrogens is 148 g/mol. The number of carbonyl (C=O) groups is 1.